The Morgan fingerprint density at radius 2 is 2.11 bits per heavy atom. The second-order valence-corrected chi connectivity index (χ2v) is 4.92. The van der Waals surface area contributed by atoms with E-state index in [9.17, 15) is 5.11 Å². The summed E-state index contributed by atoms with van der Waals surface area (Å²) in [7, 11) is 0. The van der Waals surface area contributed by atoms with Gasteiger partial charge >= 0.3 is 0 Å². The molecule has 4 heteroatoms. The quantitative estimate of drug-likeness (QED) is 0.752. The first-order chi connectivity index (χ1) is 9.28. The lowest BCUT2D eigenvalue weighted by Gasteiger charge is -2.39. The molecule has 1 heterocycles. The van der Waals surface area contributed by atoms with Crippen molar-refractivity contribution in [3.63, 3.8) is 0 Å². The largest absolute Gasteiger partial charge is 0.396 e. The molecule has 1 aromatic rings. The van der Waals surface area contributed by atoms with Crippen molar-refractivity contribution in [2.24, 2.45) is 5.41 Å². The van der Waals surface area contributed by atoms with Gasteiger partial charge in [0.15, 0.2) is 0 Å². The molecule has 2 rings (SSSR count). The van der Waals surface area contributed by atoms with Crippen molar-refractivity contribution in [2.75, 3.05) is 32.9 Å². The highest BCUT2D eigenvalue weighted by Crippen LogP contribution is 2.25. The van der Waals surface area contributed by atoms with E-state index in [1.165, 1.54) is 0 Å². The van der Waals surface area contributed by atoms with E-state index in [-0.39, 0.29) is 12.0 Å². The van der Waals surface area contributed by atoms with Crippen LogP contribution in [0.25, 0.3) is 6.08 Å². The fourth-order valence-electron chi connectivity index (χ4n) is 1.92. The number of nitrogens with one attached hydrogen (secondary N) is 1. The molecular weight excluding hydrogens is 240 g/mol. The molecule has 2 N–H and O–H groups in total. The van der Waals surface area contributed by atoms with Gasteiger partial charge in [-0.2, -0.15) is 5.26 Å². The maximum absolute atomic E-state index is 9.26. The molecule has 100 valence electrons. The van der Waals surface area contributed by atoms with Crippen molar-refractivity contribution < 1.29 is 9.84 Å². The highest BCUT2D eigenvalue weighted by Gasteiger charge is 2.37. The van der Waals surface area contributed by atoms with Crippen molar-refractivity contribution in [3.8, 4) is 6.07 Å². The number of benzene rings is 1. The van der Waals surface area contributed by atoms with Gasteiger partial charge in [-0.1, -0.05) is 24.3 Å². The number of aliphatic hydroxyl groups excluding tert-OH is 1. The Morgan fingerprint density at radius 3 is 2.63 bits per heavy atom. The number of aliphatic hydroxyl groups is 1. The topological polar surface area (TPSA) is 65.3 Å². The average molecular weight is 258 g/mol. The number of nitriles is 1. The molecule has 0 aromatic heterocycles. The van der Waals surface area contributed by atoms with Crippen LogP contribution in [0.15, 0.2) is 30.3 Å². The van der Waals surface area contributed by atoms with Crippen LogP contribution in [0.1, 0.15) is 11.1 Å². The molecule has 0 aliphatic carbocycles. The minimum absolute atomic E-state index is 0.0811. The van der Waals surface area contributed by atoms with E-state index in [1.54, 1.807) is 12.1 Å². The zero-order chi connectivity index (χ0) is 13.6. The molecule has 0 radical (unpaired) electrons. The minimum Gasteiger partial charge on any atom is -0.396 e. The lowest BCUT2D eigenvalue weighted by atomic mass is 9.87. The van der Waals surface area contributed by atoms with Crippen LogP contribution in [0.5, 0.6) is 0 Å². The minimum atomic E-state index is -0.0811. The van der Waals surface area contributed by atoms with Gasteiger partial charge in [0.2, 0.25) is 0 Å². The van der Waals surface area contributed by atoms with Crippen molar-refractivity contribution >= 4 is 6.08 Å². The molecule has 1 aliphatic heterocycles. The molecule has 0 unspecified atom stereocenters. The summed E-state index contributed by atoms with van der Waals surface area (Å²) in [6.07, 6.45) is 4.04. The summed E-state index contributed by atoms with van der Waals surface area (Å²) in [6, 6.07) is 9.55. The summed E-state index contributed by atoms with van der Waals surface area (Å²) in [5, 5.41) is 21.2. The molecule has 1 fully saturated rings. The normalized spacial score (nSPS) is 17.1. The van der Waals surface area contributed by atoms with Crippen molar-refractivity contribution in [2.45, 2.75) is 0 Å². The van der Waals surface area contributed by atoms with E-state index in [0.717, 1.165) is 18.7 Å². The number of ether oxygens (including phenoxy) is 1. The molecule has 4 nitrogen and oxygen atoms in total. The third kappa shape index (κ3) is 3.65. The van der Waals surface area contributed by atoms with Crippen LogP contribution in [0, 0.1) is 16.7 Å². The SMILES string of the molecule is N#Cc1ccc(/C=C/CNCC2(CO)COC2)cc1. The average Bonchev–Trinajstić information content (AvgIpc) is 2.42. The smallest absolute Gasteiger partial charge is 0.0991 e. The standard InChI is InChI=1S/C15H18N2O2/c16-8-14-5-3-13(4-6-14)2-1-7-17-9-15(10-18)11-19-12-15/h1-6,17-18H,7,9-12H2/b2-1+. The van der Waals surface area contributed by atoms with Crippen LogP contribution in [0.3, 0.4) is 0 Å². The highest BCUT2D eigenvalue weighted by molar-refractivity contribution is 5.51. The first kappa shape index (κ1) is 13.8. The van der Waals surface area contributed by atoms with Crippen molar-refractivity contribution in [1.29, 1.82) is 5.26 Å². The van der Waals surface area contributed by atoms with Gasteiger partial charge < -0.3 is 15.2 Å². The Hall–Kier alpha value is -1.67. The van der Waals surface area contributed by atoms with Gasteiger partial charge in [-0.05, 0) is 17.7 Å². The maximum Gasteiger partial charge on any atom is 0.0991 e. The van der Waals surface area contributed by atoms with Crippen LogP contribution in [-0.4, -0.2) is 38.0 Å². The van der Waals surface area contributed by atoms with Gasteiger partial charge in [0.1, 0.15) is 0 Å². The Bertz CT molecular complexity index is 464. The number of rotatable bonds is 6. The van der Waals surface area contributed by atoms with Gasteiger partial charge in [0, 0.05) is 13.1 Å². The molecule has 1 aliphatic rings. The first-order valence-electron chi connectivity index (χ1n) is 6.34. The van der Waals surface area contributed by atoms with Gasteiger partial charge in [-0.15, -0.1) is 0 Å². The molecule has 0 amide bonds. The summed E-state index contributed by atoms with van der Waals surface area (Å²) in [5.74, 6) is 0. The monoisotopic (exact) mass is 258 g/mol. The van der Waals surface area contributed by atoms with Crippen LogP contribution < -0.4 is 5.32 Å². The molecule has 1 saturated heterocycles. The van der Waals surface area contributed by atoms with E-state index < -0.39 is 0 Å². The van der Waals surface area contributed by atoms with Crippen molar-refractivity contribution in [3.05, 3.63) is 41.5 Å². The predicted octanol–water partition coefficient (Wildman–Crippen LogP) is 1.17. The van der Waals surface area contributed by atoms with E-state index >= 15 is 0 Å². The fourth-order valence-corrected chi connectivity index (χ4v) is 1.92. The molecule has 0 atom stereocenters. The predicted molar refractivity (Wildman–Crippen MR) is 73.4 cm³/mol. The van der Waals surface area contributed by atoms with Gasteiger partial charge in [0.05, 0.1) is 36.9 Å². The Labute approximate surface area is 113 Å². The maximum atomic E-state index is 9.26. The molecular formula is C15H18N2O2. The summed E-state index contributed by atoms with van der Waals surface area (Å²) in [6.45, 7) is 2.95. The Kier molecular flexibility index (Phi) is 4.69. The number of nitrogens with zero attached hydrogens (tertiary/aromatic N) is 1. The van der Waals surface area contributed by atoms with E-state index in [0.29, 0.717) is 18.8 Å². The van der Waals surface area contributed by atoms with Crippen molar-refractivity contribution in [1.82, 2.24) is 5.32 Å². The molecule has 0 saturated carbocycles. The lowest BCUT2D eigenvalue weighted by Crippen LogP contribution is -2.52. The van der Waals surface area contributed by atoms with Crippen LogP contribution in [0.2, 0.25) is 0 Å². The Balaban J connectivity index is 1.72. The summed E-state index contributed by atoms with van der Waals surface area (Å²) in [5.41, 5.74) is 1.66. The number of hydrogen-bond donors (Lipinski definition) is 2. The second-order valence-electron chi connectivity index (χ2n) is 4.92. The van der Waals surface area contributed by atoms with E-state index in [2.05, 4.69) is 11.4 Å². The molecule has 0 spiro atoms. The zero-order valence-corrected chi connectivity index (χ0v) is 10.8. The van der Waals surface area contributed by atoms with E-state index in [1.807, 2.05) is 24.3 Å². The molecule has 19 heavy (non-hydrogen) atoms. The summed E-state index contributed by atoms with van der Waals surface area (Å²) in [4.78, 5) is 0. The highest BCUT2D eigenvalue weighted by atomic mass is 16.5. The molecule has 0 bridgehead atoms. The van der Waals surface area contributed by atoms with Crippen LogP contribution in [-0.2, 0) is 4.74 Å². The van der Waals surface area contributed by atoms with Gasteiger partial charge in [-0.3, -0.25) is 0 Å². The third-order valence-electron chi connectivity index (χ3n) is 3.26. The van der Waals surface area contributed by atoms with E-state index in [4.69, 9.17) is 10.00 Å². The van der Waals surface area contributed by atoms with Gasteiger partial charge in [-0.25, -0.2) is 0 Å². The third-order valence-corrected chi connectivity index (χ3v) is 3.26. The first-order valence-corrected chi connectivity index (χ1v) is 6.34. The molecule has 1 aromatic carbocycles. The summed E-state index contributed by atoms with van der Waals surface area (Å²) >= 11 is 0. The van der Waals surface area contributed by atoms with Crippen LogP contribution >= 0.6 is 0 Å². The lowest BCUT2D eigenvalue weighted by molar-refractivity contribution is -0.133. The zero-order valence-electron chi connectivity index (χ0n) is 10.8. The Morgan fingerprint density at radius 1 is 1.37 bits per heavy atom. The van der Waals surface area contributed by atoms with Crippen LogP contribution in [0.4, 0.5) is 0 Å². The second kappa shape index (κ2) is 6.48. The number of hydrogen-bond acceptors (Lipinski definition) is 4. The summed E-state index contributed by atoms with van der Waals surface area (Å²) < 4.78 is 5.13. The fraction of sp³-hybridized carbons (Fsp3) is 0.400. The van der Waals surface area contributed by atoms with Gasteiger partial charge in [0.25, 0.3) is 0 Å².